The number of benzene rings is 1. The molecule has 76 valence electrons. The fraction of sp³-hybridized carbons (Fsp3) is 0.300. The molecular weight excluding hydrogens is 185 g/mol. The number of esters is 1. The number of carbonyl (C=O) groups is 1. The molecular formula is C10H12FNO2. The Labute approximate surface area is 81.7 Å². The number of halogens is 1. The van der Waals surface area contributed by atoms with E-state index >= 15 is 0 Å². The maximum Gasteiger partial charge on any atom is 0.303 e. The Hall–Kier alpha value is -1.58. The fourth-order valence-corrected chi connectivity index (χ4v) is 1.13. The van der Waals surface area contributed by atoms with Gasteiger partial charge in [-0.25, -0.2) is 4.39 Å². The molecule has 3 nitrogen and oxygen atoms in total. The van der Waals surface area contributed by atoms with Crippen LogP contribution in [0.25, 0.3) is 0 Å². The minimum absolute atomic E-state index is 0.0569. The molecule has 1 unspecified atom stereocenters. The van der Waals surface area contributed by atoms with E-state index in [0.717, 1.165) is 0 Å². The van der Waals surface area contributed by atoms with Crippen LogP contribution in [0.2, 0.25) is 0 Å². The van der Waals surface area contributed by atoms with E-state index < -0.39 is 11.9 Å². The molecule has 14 heavy (non-hydrogen) atoms. The van der Waals surface area contributed by atoms with Crippen LogP contribution >= 0.6 is 0 Å². The highest BCUT2D eigenvalue weighted by Gasteiger charge is 2.09. The van der Waals surface area contributed by atoms with Crippen molar-refractivity contribution in [1.82, 2.24) is 0 Å². The number of nitrogen functional groups attached to an aromatic ring is 1. The molecule has 0 amide bonds. The number of carbonyl (C=O) groups excluding carboxylic acids is 1. The first-order valence-electron chi connectivity index (χ1n) is 4.23. The van der Waals surface area contributed by atoms with Gasteiger partial charge in [0.15, 0.2) is 0 Å². The number of anilines is 1. The van der Waals surface area contributed by atoms with E-state index in [9.17, 15) is 9.18 Å². The van der Waals surface area contributed by atoms with Gasteiger partial charge in [-0.3, -0.25) is 4.79 Å². The first-order valence-corrected chi connectivity index (χ1v) is 4.23. The summed E-state index contributed by atoms with van der Waals surface area (Å²) in [6.07, 6.45) is -0.407. The molecule has 0 aliphatic heterocycles. The molecule has 2 N–H and O–H groups in total. The minimum Gasteiger partial charge on any atom is -0.458 e. The monoisotopic (exact) mass is 197 g/mol. The molecule has 1 atom stereocenters. The molecule has 0 bridgehead atoms. The zero-order valence-electron chi connectivity index (χ0n) is 8.08. The summed E-state index contributed by atoms with van der Waals surface area (Å²) in [5, 5.41) is 0. The van der Waals surface area contributed by atoms with Crippen LogP contribution in [0.1, 0.15) is 25.5 Å². The van der Waals surface area contributed by atoms with Gasteiger partial charge >= 0.3 is 5.97 Å². The zero-order chi connectivity index (χ0) is 10.7. The van der Waals surface area contributed by atoms with Crippen molar-refractivity contribution in [2.24, 2.45) is 0 Å². The van der Waals surface area contributed by atoms with E-state index in [4.69, 9.17) is 10.5 Å². The quantitative estimate of drug-likeness (QED) is 0.583. The average molecular weight is 197 g/mol. The fourth-order valence-electron chi connectivity index (χ4n) is 1.13. The van der Waals surface area contributed by atoms with Crippen LogP contribution in [-0.2, 0) is 9.53 Å². The number of rotatable bonds is 2. The van der Waals surface area contributed by atoms with Crippen molar-refractivity contribution < 1.29 is 13.9 Å². The molecule has 0 heterocycles. The molecule has 0 saturated heterocycles. The zero-order valence-corrected chi connectivity index (χ0v) is 8.08. The van der Waals surface area contributed by atoms with E-state index in [2.05, 4.69) is 0 Å². The van der Waals surface area contributed by atoms with E-state index in [-0.39, 0.29) is 11.7 Å². The molecule has 0 aliphatic rings. The standard InChI is InChI=1S/C10H12FNO2/c1-6(14-7(2)13)8-3-4-9(11)10(12)5-8/h3-6H,12H2,1-2H3. The molecule has 0 aromatic heterocycles. The van der Waals surface area contributed by atoms with Gasteiger partial charge in [0.1, 0.15) is 11.9 Å². The molecule has 1 rings (SSSR count). The highest BCUT2D eigenvalue weighted by molar-refractivity contribution is 5.66. The number of nitrogens with two attached hydrogens (primary N) is 1. The smallest absolute Gasteiger partial charge is 0.303 e. The maximum atomic E-state index is 12.8. The van der Waals surface area contributed by atoms with Gasteiger partial charge in [-0.1, -0.05) is 6.07 Å². The number of ether oxygens (including phenoxy) is 1. The summed E-state index contributed by atoms with van der Waals surface area (Å²) >= 11 is 0. The lowest BCUT2D eigenvalue weighted by Gasteiger charge is -2.12. The second kappa shape index (κ2) is 4.09. The second-order valence-corrected chi connectivity index (χ2v) is 3.03. The molecule has 1 aromatic carbocycles. The van der Waals surface area contributed by atoms with Gasteiger partial charge < -0.3 is 10.5 Å². The van der Waals surface area contributed by atoms with Crippen LogP contribution in [0.4, 0.5) is 10.1 Å². The molecule has 4 heteroatoms. The van der Waals surface area contributed by atoms with E-state index in [0.29, 0.717) is 5.56 Å². The van der Waals surface area contributed by atoms with Crippen LogP contribution in [0.5, 0.6) is 0 Å². The van der Waals surface area contributed by atoms with Gasteiger partial charge in [-0.15, -0.1) is 0 Å². The van der Waals surface area contributed by atoms with Crippen molar-refractivity contribution in [1.29, 1.82) is 0 Å². The molecule has 0 spiro atoms. The van der Waals surface area contributed by atoms with Crippen LogP contribution in [0.3, 0.4) is 0 Å². The SMILES string of the molecule is CC(=O)OC(C)c1ccc(F)c(N)c1. The van der Waals surface area contributed by atoms with Gasteiger partial charge in [0, 0.05) is 6.92 Å². The van der Waals surface area contributed by atoms with Crippen molar-refractivity contribution in [2.45, 2.75) is 20.0 Å². The van der Waals surface area contributed by atoms with Crippen LogP contribution in [-0.4, -0.2) is 5.97 Å². The van der Waals surface area contributed by atoms with Gasteiger partial charge in [0.05, 0.1) is 5.69 Å². The van der Waals surface area contributed by atoms with E-state index in [1.807, 2.05) is 0 Å². The van der Waals surface area contributed by atoms with Gasteiger partial charge in [-0.05, 0) is 24.6 Å². The Morgan fingerprint density at radius 3 is 2.71 bits per heavy atom. The third-order valence-corrected chi connectivity index (χ3v) is 1.83. The van der Waals surface area contributed by atoms with Crippen LogP contribution < -0.4 is 5.73 Å². The Morgan fingerprint density at radius 1 is 1.57 bits per heavy atom. The predicted molar refractivity (Wildman–Crippen MR) is 51.0 cm³/mol. The van der Waals surface area contributed by atoms with E-state index in [1.54, 1.807) is 13.0 Å². The van der Waals surface area contributed by atoms with Crippen molar-refractivity contribution in [3.8, 4) is 0 Å². The Kier molecular flexibility index (Phi) is 3.06. The Balaban J connectivity index is 2.85. The normalized spacial score (nSPS) is 12.2. The molecule has 0 radical (unpaired) electrons. The van der Waals surface area contributed by atoms with Crippen molar-refractivity contribution in [2.75, 3.05) is 5.73 Å². The molecule has 0 fully saturated rings. The van der Waals surface area contributed by atoms with Crippen LogP contribution in [0.15, 0.2) is 18.2 Å². The summed E-state index contributed by atoms with van der Waals surface area (Å²) < 4.78 is 17.7. The molecule has 1 aromatic rings. The first kappa shape index (κ1) is 10.5. The summed E-state index contributed by atoms with van der Waals surface area (Å²) in [7, 11) is 0. The van der Waals surface area contributed by atoms with Crippen molar-refractivity contribution in [3.63, 3.8) is 0 Å². The summed E-state index contributed by atoms with van der Waals surface area (Å²) in [5.41, 5.74) is 6.11. The van der Waals surface area contributed by atoms with Crippen LogP contribution in [0, 0.1) is 5.82 Å². The summed E-state index contributed by atoms with van der Waals surface area (Å²) in [6, 6.07) is 4.26. The Morgan fingerprint density at radius 2 is 2.21 bits per heavy atom. The highest BCUT2D eigenvalue weighted by atomic mass is 19.1. The topological polar surface area (TPSA) is 52.3 Å². The molecule has 0 aliphatic carbocycles. The average Bonchev–Trinajstić information content (AvgIpc) is 2.08. The van der Waals surface area contributed by atoms with Crippen molar-refractivity contribution >= 4 is 11.7 Å². The first-order chi connectivity index (χ1) is 6.50. The lowest BCUT2D eigenvalue weighted by molar-refractivity contribution is -0.145. The highest BCUT2D eigenvalue weighted by Crippen LogP contribution is 2.20. The van der Waals surface area contributed by atoms with Gasteiger partial charge in [0.25, 0.3) is 0 Å². The minimum atomic E-state index is -0.469. The summed E-state index contributed by atoms with van der Waals surface area (Å²) in [5.74, 6) is -0.843. The lowest BCUT2D eigenvalue weighted by atomic mass is 10.1. The largest absolute Gasteiger partial charge is 0.458 e. The Bertz CT molecular complexity index is 352. The van der Waals surface area contributed by atoms with Gasteiger partial charge in [0.2, 0.25) is 0 Å². The number of hydrogen-bond donors (Lipinski definition) is 1. The number of hydrogen-bond acceptors (Lipinski definition) is 3. The second-order valence-electron chi connectivity index (χ2n) is 3.03. The maximum absolute atomic E-state index is 12.8. The summed E-state index contributed by atoms with van der Waals surface area (Å²) in [6.45, 7) is 3.03. The predicted octanol–water partition coefficient (Wildman–Crippen LogP) is 2.03. The molecule has 0 saturated carbocycles. The van der Waals surface area contributed by atoms with Gasteiger partial charge in [-0.2, -0.15) is 0 Å². The summed E-state index contributed by atoms with van der Waals surface area (Å²) in [4.78, 5) is 10.7. The van der Waals surface area contributed by atoms with E-state index in [1.165, 1.54) is 19.1 Å². The third kappa shape index (κ3) is 2.45. The lowest BCUT2D eigenvalue weighted by Crippen LogP contribution is -2.05. The third-order valence-electron chi connectivity index (χ3n) is 1.83. The van der Waals surface area contributed by atoms with Crippen molar-refractivity contribution in [3.05, 3.63) is 29.6 Å².